The number of piperazine rings is 1. The van der Waals surface area contributed by atoms with E-state index in [4.69, 9.17) is 0 Å². The van der Waals surface area contributed by atoms with Crippen LogP contribution in [0.3, 0.4) is 0 Å². The number of nitrogens with zero attached hydrogens (tertiary/aromatic N) is 6. The normalized spacial score (nSPS) is 14.5. The van der Waals surface area contributed by atoms with Crippen molar-refractivity contribution in [1.29, 1.82) is 0 Å². The van der Waals surface area contributed by atoms with Crippen molar-refractivity contribution in [3.05, 3.63) is 40.8 Å². The Morgan fingerprint density at radius 1 is 1.17 bits per heavy atom. The fourth-order valence-electron chi connectivity index (χ4n) is 2.75. The number of nitro groups is 1. The molecular formula is C15H19N7O2. The highest BCUT2D eigenvalue weighted by molar-refractivity contribution is 5.70. The first kappa shape index (κ1) is 15.9. The summed E-state index contributed by atoms with van der Waals surface area (Å²) in [4.78, 5) is 27.7. The second-order valence-corrected chi connectivity index (χ2v) is 5.34. The van der Waals surface area contributed by atoms with Gasteiger partial charge >= 0.3 is 5.69 Å². The molecule has 3 rings (SSSR count). The van der Waals surface area contributed by atoms with Crippen LogP contribution in [-0.4, -0.2) is 52.6 Å². The van der Waals surface area contributed by atoms with E-state index in [9.17, 15) is 10.1 Å². The van der Waals surface area contributed by atoms with Crippen molar-refractivity contribution in [3.8, 4) is 0 Å². The summed E-state index contributed by atoms with van der Waals surface area (Å²) in [5.74, 6) is 1.55. The summed E-state index contributed by atoms with van der Waals surface area (Å²) >= 11 is 0. The molecule has 0 saturated carbocycles. The van der Waals surface area contributed by atoms with Crippen LogP contribution < -0.4 is 15.1 Å². The van der Waals surface area contributed by atoms with E-state index < -0.39 is 4.92 Å². The molecule has 9 heteroatoms. The summed E-state index contributed by atoms with van der Waals surface area (Å²) in [6.07, 6.45) is 3.13. The van der Waals surface area contributed by atoms with Gasteiger partial charge in [0.1, 0.15) is 12.1 Å². The minimum atomic E-state index is -0.418. The van der Waals surface area contributed by atoms with Gasteiger partial charge in [0.05, 0.1) is 4.92 Å². The smallest absolute Gasteiger partial charge is 0.353 e. The molecular weight excluding hydrogens is 310 g/mol. The molecule has 0 aromatic carbocycles. The van der Waals surface area contributed by atoms with Crippen LogP contribution in [0.25, 0.3) is 0 Å². The molecule has 1 aliphatic heterocycles. The molecule has 2 aromatic heterocycles. The number of aromatic nitrogens is 3. The van der Waals surface area contributed by atoms with E-state index in [0.717, 1.165) is 18.9 Å². The lowest BCUT2D eigenvalue weighted by molar-refractivity contribution is -0.383. The third kappa shape index (κ3) is 3.19. The van der Waals surface area contributed by atoms with Gasteiger partial charge < -0.3 is 15.1 Å². The first-order valence-electron chi connectivity index (χ1n) is 7.85. The van der Waals surface area contributed by atoms with Gasteiger partial charge in [-0.05, 0) is 19.1 Å². The predicted molar refractivity (Wildman–Crippen MR) is 91.5 cm³/mol. The van der Waals surface area contributed by atoms with Crippen molar-refractivity contribution in [2.75, 3.05) is 47.8 Å². The highest BCUT2D eigenvalue weighted by atomic mass is 16.6. The van der Waals surface area contributed by atoms with Crippen LogP contribution in [0.2, 0.25) is 0 Å². The van der Waals surface area contributed by atoms with Crippen molar-refractivity contribution < 1.29 is 4.92 Å². The molecule has 126 valence electrons. The summed E-state index contributed by atoms with van der Waals surface area (Å²) in [5.41, 5.74) is -0.0642. The lowest BCUT2D eigenvalue weighted by Crippen LogP contribution is -2.47. The number of nitrogens with one attached hydrogen (secondary N) is 1. The molecule has 0 unspecified atom stereocenters. The average molecular weight is 329 g/mol. The summed E-state index contributed by atoms with van der Waals surface area (Å²) in [7, 11) is 0. The molecule has 1 saturated heterocycles. The molecule has 9 nitrogen and oxygen atoms in total. The Kier molecular flexibility index (Phi) is 4.69. The van der Waals surface area contributed by atoms with Gasteiger partial charge in [-0.3, -0.25) is 10.1 Å². The van der Waals surface area contributed by atoms with Gasteiger partial charge in [0.25, 0.3) is 0 Å². The van der Waals surface area contributed by atoms with Crippen molar-refractivity contribution in [3.63, 3.8) is 0 Å². The highest BCUT2D eigenvalue weighted by Gasteiger charge is 2.29. The Hall–Kier alpha value is -2.97. The lowest BCUT2D eigenvalue weighted by Gasteiger charge is -2.35. The fraction of sp³-hybridized carbons (Fsp3) is 0.400. The Bertz CT molecular complexity index is 702. The maximum absolute atomic E-state index is 11.5. The molecule has 1 aliphatic rings. The molecule has 0 aliphatic carbocycles. The van der Waals surface area contributed by atoms with E-state index in [1.54, 1.807) is 6.20 Å². The van der Waals surface area contributed by atoms with E-state index in [-0.39, 0.29) is 11.5 Å². The Labute approximate surface area is 139 Å². The van der Waals surface area contributed by atoms with Crippen LogP contribution in [-0.2, 0) is 0 Å². The zero-order valence-corrected chi connectivity index (χ0v) is 13.4. The molecule has 2 aromatic rings. The number of hydrogen-bond acceptors (Lipinski definition) is 8. The number of hydrogen-bond donors (Lipinski definition) is 1. The van der Waals surface area contributed by atoms with Crippen LogP contribution in [0.4, 0.5) is 23.1 Å². The minimum absolute atomic E-state index is 0.0642. The zero-order chi connectivity index (χ0) is 16.9. The molecule has 0 radical (unpaired) electrons. The van der Waals surface area contributed by atoms with Gasteiger partial charge in [0.15, 0.2) is 0 Å². The molecule has 24 heavy (non-hydrogen) atoms. The molecule has 0 bridgehead atoms. The Balaban J connectivity index is 1.79. The predicted octanol–water partition coefficient (Wildman–Crippen LogP) is 1.54. The largest absolute Gasteiger partial charge is 0.364 e. The van der Waals surface area contributed by atoms with Gasteiger partial charge in [-0.1, -0.05) is 6.07 Å². The first-order valence-corrected chi connectivity index (χ1v) is 7.85. The van der Waals surface area contributed by atoms with Crippen LogP contribution in [0, 0.1) is 10.1 Å². The van der Waals surface area contributed by atoms with Crippen molar-refractivity contribution in [1.82, 2.24) is 15.0 Å². The number of pyridine rings is 1. The maximum Gasteiger partial charge on any atom is 0.353 e. The van der Waals surface area contributed by atoms with E-state index in [0.29, 0.717) is 25.5 Å². The molecule has 0 amide bonds. The summed E-state index contributed by atoms with van der Waals surface area (Å²) in [5, 5.41) is 14.4. The number of rotatable bonds is 5. The SMILES string of the molecule is CCNc1ncnc(N2CCN(c3ccccn3)CC2)c1[N+](=O)[O-]. The molecule has 1 N–H and O–H groups in total. The van der Waals surface area contributed by atoms with Gasteiger partial charge in [-0.2, -0.15) is 0 Å². The van der Waals surface area contributed by atoms with Gasteiger partial charge in [-0.15, -0.1) is 0 Å². The first-order chi connectivity index (χ1) is 11.7. The maximum atomic E-state index is 11.5. The van der Waals surface area contributed by atoms with Crippen LogP contribution in [0.1, 0.15) is 6.92 Å². The van der Waals surface area contributed by atoms with Crippen LogP contribution in [0.5, 0.6) is 0 Å². The monoisotopic (exact) mass is 329 g/mol. The summed E-state index contributed by atoms with van der Waals surface area (Å²) in [6.45, 7) is 5.17. The van der Waals surface area contributed by atoms with Gasteiger partial charge in [0, 0.05) is 38.9 Å². The molecule has 1 fully saturated rings. The number of anilines is 3. The summed E-state index contributed by atoms with van der Waals surface area (Å²) < 4.78 is 0. The van der Waals surface area contributed by atoms with E-state index in [2.05, 4.69) is 25.2 Å². The second-order valence-electron chi connectivity index (χ2n) is 5.34. The third-order valence-corrected chi connectivity index (χ3v) is 3.88. The topological polar surface area (TPSA) is 100 Å². The van der Waals surface area contributed by atoms with Crippen molar-refractivity contribution in [2.45, 2.75) is 6.92 Å². The molecule has 0 atom stereocenters. The van der Waals surface area contributed by atoms with Gasteiger partial charge in [0.2, 0.25) is 11.6 Å². The molecule has 0 spiro atoms. The molecule has 3 heterocycles. The standard InChI is InChI=1S/C15H19N7O2/c1-2-16-14-13(22(23)24)15(19-11-18-14)21-9-7-20(8-10-21)12-5-3-4-6-17-12/h3-6,11H,2,7-10H2,1H3,(H,16,18,19). The average Bonchev–Trinajstić information content (AvgIpc) is 2.62. The van der Waals surface area contributed by atoms with Gasteiger partial charge in [-0.25, -0.2) is 15.0 Å². The highest BCUT2D eigenvalue weighted by Crippen LogP contribution is 2.32. The lowest BCUT2D eigenvalue weighted by atomic mass is 10.3. The zero-order valence-electron chi connectivity index (χ0n) is 13.4. The van der Waals surface area contributed by atoms with Crippen molar-refractivity contribution >= 4 is 23.1 Å². The Morgan fingerprint density at radius 3 is 2.54 bits per heavy atom. The van der Waals surface area contributed by atoms with Crippen molar-refractivity contribution in [2.24, 2.45) is 0 Å². The third-order valence-electron chi connectivity index (χ3n) is 3.88. The van der Waals surface area contributed by atoms with E-state index in [1.165, 1.54) is 6.33 Å². The second kappa shape index (κ2) is 7.07. The minimum Gasteiger partial charge on any atom is -0.364 e. The summed E-state index contributed by atoms with van der Waals surface area (Å²) in [6, 6.07) is 5.80. The quantitative estimate of drug-likeness (QED) is 0.651. The van der Waals surface area contributed by atoms with Crippen LogP contribution >= 0.6 is 0 Å². The Morgan fingerprint density at radius 2 is 1.92 bits per heavy atom. The fourth-order valence-corrected chi connectivity index (χ4v) is 2.75. The van der Waals surface area contributed by atoms with E-state index in [1.807, 2.05) is 30.0 Å². The van der Waals surface area contributed by atoms with E-state index >= 15 is 0 Å². The van der Waals surface area contributed by atoms with Crippen LogP contribution in [0.15, 0.2) is 30.7 Å².